The summed E-state index contributed by atoms with van der Waals surface area (Å²) in [6.45, 7) is 10.0. The summed E-state index contributed by atoms with van der Waals surface area (Å²) in [6, 6.07) is 0. The van der Waals surface area contributed by atoms with Crippen LogP contribution in [-0.4, -0.2) is 53.5 Å². The average Bonchev–Trinajstić information content (AvgIpc) is 2.91. The highest BCUT2D eigenvalue weighted by Gasteiger charge is 2.35. The molecule has 0 atom stereocenters. The Bertz CT molecular complexity index is 646. The third-order valence-electron chi connectivity index (χ3n) is 2.61. The third-order valence-corrected chi connectivity index (χ3v) is 3.44. The molecule has 9 nitrogen and oxygen atoms in total. The summed E-state index contributed by atoms with van der Waals surface area (Å²) in [5.74, 6) is -0.525. The Morgan fingerprint density at radius 1 is 1.00 bits per heavy atom. The fourth-order valence-corrected chi connectivity index (χ4v) is 2.33. The minimum absolute atomic E-state index is 0.0199. The second-order valence-electron chi connectivity index (χ2n) is 7.30. The topological polar surface area (TPSA) is 98.3 Å². The zero-order chi connectivity index (χ0) is 20.3. The van der Waals surface area contributed by atoms with Crippen LogP contribution >= 0.6 is 11.3 Å². The van der Waals surface area contributed by atoms with Crippen molar-refractivity contribution in [1.82, 2.24) is 10.0 Å². The van der Waals surface area contributed by atoms with Crippen molar-refractivity contribution in [3.05, 3.63) is 11.1 Å². The molecule has 1 rings (SSSR count). The first-order valence-corrected chi connectivity index (χ1v) is 8.67. The fourth-order valence-electron chi connectivity index (χ4n) is 1.56. The van der Waals surface area contributed by atoms with Crippen LogP contribution in [0.15, 0.2) is 5.38 Å². The number of carbonyl (C=O) groups excluding carboxylic acids is 3. The third kappa shape index (κ3) is 6.26. The van der Waals surface area contributed by atoms with Crippen molar-refractivity contribution < 1.29 is 28.7 Å². The minimum Gasteiger partial charge on any atom is -0.443 e. The first-order chi connectivity index (χ1) is 11.7. The Morgan fingerprint density at radius 2 is 1.46 bits per heavy atom. The number of aromatic nitrogens is 1. The maximum Gasteiger partial charge on any atom is 0.426 e. The van der Waals surface area contributed by atoms with Crippen LogP contribution < -0.4 is 4.90 Å². The van der Waals surface area contributed by atoms with E-state index in [1.807, 2.05) is 0 Å². The Morgan fingerprint density at radius 3 is 1.85 bits per heavy atom. The first-order valence-electron chi connectivity index (χ1n) is 7.79. The van der Waals surface area contributed by atoms with E-state index in [4.69, 9.17) is 14.3 Å². The number of thiazole rings is 1. The van der Waals surface area contributed by atoms with Crippen LogP contribution in [-0.2, 0) is 14.3 Å². The Labute approximate surface area is 156 Å². The molecular formula is C16H25N3O6S. The van der Waals surface area contributed by atoms with Gasteiger partial charge in [-0.25, -0.2) is 19.6 Å². The second-order valence-corrected chi connectivity index (χ2v) is 8.13. The maximum atomic E-state index is 12.5. The SMILES string of the molecule is CON(C)C(=O)c1csc(N(C(=O)OC(C)(C)C)C(=O)OC(C)(C)C)n1. The molecule has 26 heavy (non-hydrogen) atoms. The first kappa shape index (κ1) is 21.8. The molecule has 0 aliphatic rings. The van der Waals surface area contributed by atoms with Crippen LogP contribution in [0.1, 0.15) is 52.0 Å². The molecular weight excluding hydrogens is 362 g/mol. The molecule has 1 aromatic rings. The van der Waals surface area contributed by atoms with Crippen LogP contribution in [0, 0.1) is 0 Å². The van der Waals surface area contributed by atoms with E-state index in [1.54, 1.807) is 41.5 Å². The van der Waals surface area contributed by atoms with Crippen LogP contribution in [0.4, 0.5) is 14.7 Å². The van der Waals surface area contributed by atoms with Crippen LogP contribution in [0.25, 0.3) is 0 Å². The molecule has 0 saturated carbocycles. The number of anilines is 1. The molecule has 146 valence electrons. The summed E-state index contributed by atoms with van der Waals surface area (Å²) in [4.78, 5) is 46.7. The summed E-state index contributed by atoms with van der Waals surface area (Å²) >= 11 is 0.933. The predicted octanol–water partition coefficient (Wildman–Crippen LogP) is 3.45. The van der Waals surface area contributed by atoms with Crippen molar-refractivity contribution in [2.75, 3.05) is 19.1 Å². The lowest BCUT2D eigenvalue weighted by Gasteiger charge is -2.27. The molecule has 0 spiro atoms. The van der Waals surface area contributed by atoms with Gasteiger partial charge in [0.25, 0.3) is 5.91 Å². The summed E-state index contributed by atoms with van der Waals surface area (Å²) < 4.78 is 10.5. The summed E-state index contributed by atoms with van der Waals surface area (Å²) in [5.41, 5.74) is -1.64. The lowest BCUT2D eigenvalue weighted by Crippen LogP contribution is -2.43. The average molecular weight is 387 g/mol. The van der Waals surface area contributed by atoms with Crippen molar-refractivity contribution in [3.8, 4) is 0 Å². The molecule has 0 N–H and O–H groups in total. The van der Waals surface area contributed by atoms with E-state index in [-0.39, 0.29) is 10.8 Å². The highest BCUT2D eigenvalue weighted by Crippen LogP contribution is 2.25. The lowest BCUT2D eigenvalue weighted by atomic mass is 10.2. The van der Waals surface area contributed by atoms with E-state index < -0.39 is 29.3 Å². The number of carbonyl (C=O) groups is 3. The molecule has 3 amide bonds. The molecule has 0 unspecified atom stereocenters. The minimum atomic E-state index is -0.944. The molecule has 0 radical (unpaired) electrons. The quantitative estimate of drug-likeness (QED) is 0.733. The van der Waals surface area contributed by atoms with Gasteiger partial charge in [0.2, 0.25) is 5.13 Å². The molecule has 10 heteroatoms. The van der Waals surface area contributed by atoms with E-state index in [1.165, 1.54) is 19.5 Å². The van der Waals surface area contributed by atoms with Crippen LogP contribution in [0.5, 0.6) is 0 Å². The van der Waals surface area contributed by atoms with Gasteiger partial charge in [-0.15, -0.1) is 11.3 Å². The molecule has 0 aromatic carbocycles. The van der Waals surface area contributed by atoms with E-state index >= 15 is 0 Å². The van der Waals surface area contributed by atoms with Gasteiger partial charge in [0.1, 0.15) is 16.9 Å². The predicted molar refractivity (Wildman–Crippen MR) is 96.2 cm³/mol. The van der Waals surface area contributed by atoms with Gasteiger partial charge in [-0.1, -0.05) is 0 Å². The number of imide groups is 1. The van der Waals surface area contributed by atoms with Crippen LogP contribution in [0.3, 0.4) is 0 Å². The van der Waals surface area contributed by atoms with Gasteiger partial charge in [0.15, 0.2) is 0 Å². The molecule has 1 heterocycles. The zero-order valence-electron chi connectivity index (χ0n) is 16.3. The van der Waals surface area contributed by atoms with Gasteiger partial charge in [0.05, 0.1) is 7.11 Å². The molecule has 0 fully saturated rings. The second kappa shape index (κ2) is 8.00. The van der Waals surface area contributed by atoms with Crippen molar-refractivity contribution >= 4 is 34.6 Å². The van der Waals surface area contributed by atoms with Gasteiger partial charge in [0, 0.05) is 12.4 Å². The van der Waals surface area contributed by atoms with Crippen molar-refractivity contribution in [2.24, 2.45) is 0 Å². The number of amides is 3. The summed E-state index contributed by atoms with van der Waals surface area (Å²) in [6.07, 6.45) is -1.89. The number of rotatable bonds is 3. The van der Waals surface area contributed by atoms with Gasteiger partial charge < -0.3 is 9.47 Å². The summed E-state index contributed by atoms with van der Waals surface area (Å²) in [7, 11) is 2.75. The molecule has 0 saturated heterocycles. The van der Waals surface area contributed by atoms with Gasteiger partial charge >= 0.3 is 12.2 Å². The largest absolute Gasteiger partial charge is 0.443 e. The van der Waals surface area contributed by atoms with Gasteiger partial charge in [-0.05, 0) is 41.5 Å². The lowest BCUT2D eigenvalue weighted by molar-refractivity contribution is -0.0760. The highest BCUT2D eigenvalue weighted by atomic mass is 32.1. The Balaban J connectivity index is 3.20. The number of ether oxygens (including phenoxy) is 2. The normalized spacial score (nSPS) is 11.7. The fraction of sp³-hybridized carbons (Fsp3) is 0.625. The van der Waals surface area contributed by atoms with E-state index in [0.29, 0.717) is 4.90 Å². The van der Waals surface area contributed by atoms with Crippen LogP contribution in [0.2, 0.25) is 0 Å². The van der Waals surface area contributed by atoms with E-state index in [0.717, 1.165) is 16.4 Å². The Hall–Kier alpha value is -2.20. The van der Waals surface area contributed by atoms with E-state index in [9.17, 15) is 14.4 Å². The smallest absolute Gasteiger partial charge is 0.426 e. The van der Waals surface area contributed by atoms with Gasteiger partial charge in [-0.3, -0.25) is 9.63 Å². The molecule has 1 aromatic heterocycles. The van der Waals surface area contributed by atoms with Gasteiger partial charge in [-0.2, -0.15) is 4.90 Å². The van der Waals surface area contributed by atoms with E-state index in [2.05, 4.69) is 4.98 Å². The standard InChI is InChI=1S/C16H25N3O6S/c1-15(2,3)24-13(21)19(14(22)25-16(4,5)6)12-17-10(9-26-12)11(20)18(7)23-8/h9H,1-8H3. The number of hydrogen-bond donors (Lipinski definition) is 0. The molecule has 0 aliphatic carbocycles. The Kier molecular flexibility index (Phi) is 6.72. The van der Waals surface area contributed by atoms with Crippen molar-refractivity contribution in [3.63, 3.8) is 0 Å². The molecule has 0 aliphatic heterocycles. The highest BCUT2D eigenvalue weighted by molar-refractivity contribution is 7.14. The number of hydroxylamine groups is 2. The maximum absolute atomic E-state index is 12.5. The number of hydrogen-bond acceptors (Lipinski definition) is 8. The zero-order valence-corrected chi connectivity index (χ0v) is 17.1. The van der Waals surface area contributed by atoms with Crippen molar-refractivity contribution in [1.29, 1.82) is 0 Å². The van der Waals surface area contributed by atoms with Crippen molar-refractivity contribution in [2.45, 2.75) is 52.7 Å². The molecule has 0 bridgehead atoms. The summed E-state index contributed by atoms with van der Waals surface area (Å²) in [5, 5.41) is 2.35. The monoisotopic (exact) mass is 387 g/mol. The number of nitrogens with zero attached hydrogens (tertiary/aromatic N) is 3.